The summed E-state index contributed by atoms with van der Waals surface area (Å²) in [4.78, 5) is 0. The quantitative estimate of drug-likeness (QED) is 0.871. The van der Waals surface area contributed by atoms with Crippen LogP contribution in [0.4, 0.5) is 0 Å². The molecule has 0 aromatic heterocycles. The summed E-state index contributed by atoms with van der Waals surface area (Å²) in [5.41, 5.74) is 2.70. The van der Waals surface area contributed by atoms with Crippen molar-refractivity contribution in [3.63, 3.8) is 0 Å². The molecule has 2 nitrogen and oxygen atoms in total. The summed E-state index contributed by atoms with van der Waals surface area (Å²) < 4.78 is 0.685. The molecule has 0 spiro atoms. The van der Waals surface area contributed by atoms with Crippen LogP contribution in [0.15, 0.2) is 54.6 Å². The molecular weight excluding hydrogens is 286 g/mol. The second kappa shape index (κ2) is 7.20. The fourth-order valence-electron chi connectivity index (χ4n) is 1.72. The van der Waals surface area contributed by atoms with Gasteiger partial charge in [0.25, 0.3) is 0 Å². The lowest BCUT2D eigenvalue weighted by Crippen LogP contribution is -1.98. The van der Waals surface area contributed by atoms with Crippen molar-refractivity contribution in [3.05, 3.63) is 71.3 Å². The Morgan fingerprint density at radius 2 is 1.80 bits per heavy atom. The van der Waals surface area contributed by atoms with Crippen molar-refractivity contribution in [2.45, 2.75) is 11.9 Å². The Balaban J connectivity index is 2.11. The smallest absolute Gasteiger partial charge is 0.122 e. The van der Waals surface area contributed by atoms with Gasteiger partial charge in [-0.05, 0) is 16.7 Å². The molecule has 2 aromatic carbocycles. The summed E-state index contributed by atoms with van der Waals surface area (Å²) in [7, 11) is 0. The fourth-order valence-corrected chi connectivity index (χ4v) is 2.97. The standard InChI is InChI=1S/C16H13NOS2/c17-10-15(13-4-2-1-3-5-13)20-16(19)14-8-6-12(11-18)7-9-14/h1-9,15,18H,11H2. The van der Waals surface area contributed by atoms with Gasteiger partial charge < -0.3 is 5.11 Å². The predicted molar refractivity (Wildman–Crippen MR) is 86.5 cm³/mol. The van der Waals surface area contributed by atoms with Crippen molar-refractivity contribution in [1.29, 1.82) is 5.26 Å². The van der Waals surface area contributed by atoms with E-state index in [4.69, 9.17) is 17.3 Å². The van der Waals surface area contributed by atoms with E-state index in [1.807, 2.05) is 54.6 Å². The highest BCUT2D eigenvalue weighted by Gasteiger charge is 2.14. The lowest BCUT2D eigenvalue weighted by molar-refractivity contribution is 0.282. The largest absolute Gasteiger partial charge is 0.392 e. The third-order valence-corrected chi connectivity index (χ3v) is 4.40. The van der Waals surface area contributed by atoms with Crippen molar-refractivity contribution >= 4 is 28.2 Å². The number of aliphatic hydroxyl groups excluding tert-OH is 1. The molecule has 1 atom stereocenters. The molecule has 0 fully saturated rings. The molecule has 0 aliphatic carbocycles. The molecule has 1 unspecified atom stereocenters. The van der Waals surface area contributed by atoms with Crippen LogP contribution in [0.1, 0.15) is 21.9 Å². The Kier molecular flexibility index (Phi) is 5.31. The first kappa shape index (κ1) is 14.7. The molecule has 1 N–H and O–H groups in total. The van der Waals surface area contributed by atoms with E-state index in [0.717, 1.165) is 16.7 Å². The topological polar surface area (TPSA) is 44.0 Å². The number of aliphatic hydroxyl groups is 1. The van der Waals surface area contributed by atoms with Gasteiger partial charge >= 0.3 is 0 Å². The van der Waals surface area contributed by atoms with Gasteiger partial charge in [0, 0.05) is 0 Å². The Labute approximate surface area is 128 Å². The molecule has 2 aromatic rings. The van der Waals surface area contributed by atoms with Crippen LogP contribution in [0, 0.1) is 11.3 Å². The van der Waals surface area contributed by atoms with Crippen LogP contribution in [0.25, 0.3) is 0 Å². The monoisotopic (exact) mass is 299 g/mol. The summed E-state index contributed by atoms with van der Waals surface area (Å²) in [6.07, 6.45) is 0. The number of thioether (sulfide) groups is 1. The number of nitriles is 1. The first-order valence-electron chi connectivity index (χ1n) is 6.10. The van der Waals surface area contributed by atoms with Crippen LogP contribution >= 0.6 is 24.0 Å². The summed E-state index contributed by atoms with van der Waals surface area (Å²) in [6.45, 7) is 0.0189. The van der Waals surface area contributed by atoms with Gasteiger partial charge in [0.2, 0.25) is 0 Å². The molecule has 0 amide bonds. The maximum Gasteiger partial charge on any atom is 0.122 e. The van der Waals surface area contributed by atoms with Gasteiger partial charge in [-0.2, -0.15) is 5.26 Å². The van der Waals surface area contributed by atoms with E-state index >= 15 is 0 Å². The highest BCUT2D eigenvalue weighted by atomic mass is 32.2. The Morgan fingerprint density at radius 1 is 1.15 bits per heavy atom. The van der Waals surface area contributed by atoms with E-state index in [2.05, 4.69) is 6.07 Å². The number of rotatable bonds is 4. The number of hydrogen-bond donors (Lipinski definition) is 1. The van der Waals surface area contributed by atoms with Gasteiger partial charge in [0.15, 0.2) is 0 Å². The van der Waals surface area contributed by atoms with Crippen LogP contribution in [-0.4, -0.2) is 9.30 Å². The molecule has 0 saturated heterocycles. The van der Waals surface area contributed by atoms with Crippen molar-refractivity contribution in [2.24, 2.45) is 0 Å². The first-order chi connectivity index (χ1) is 9.74. The molecule has 0 radical (unpaired) electrons. The van der Waals surface area contributed by atoms with E-state index in [1.54, 1.807) is 0 Å². The highest BCUT2D eigenvalue weighted by Crippen LogP contribution is 2.31. The van der Waals surface area contributed by atoms with Gasteiger partial charge in [-0.1, -0.05) is 78.6 Å². The molecule has 0 aliphatic heterocycles. The normalized spacial score (nSPS) is 11.6. The average Bonchev–Trinajstić information content (AvgIpc) is 2.53. The first-order valence-corrected chi connectivity index (χ1v) is 7.38. The SMILES string of the molecule is N#CC(SC(=S)c1ccc(CO)cc1)c1ccccc1. The van der Waals surface area contributed by atoms with E-state index < -0.39 is 0 Å². The minimum atomic E-state index is -0.304. The second-order valence-corrected chi connectivity index (χ2v) is 5.96. The third-order valence-electron chi connectivity index (χ3n) is 2.82. The maximum absolute atomic E-state index is 9.29. The summed E-state index contributed by atoms with van der Waals surface area (Å²) in [5, 5.41) is 18.0. The Hall–Kier alpha value is -1.67. The zero-order valence-corrected chi connectivity index (χ0v) is 12.3. The molecule has 4 heteroatoms. The summed E-state index contributed by atoms with van der Waals surface area (Å²) in [6, 6.07) is 19.3. The van der Waals surface area contributed by atoms with Gasteiger partial charge in [0.05, 0.1) is 16.9 Å². The van der Waals surface area contributed by atoms with Crippen LogP contribution in [-0.2, 0) is 6.61 Å². The molecule has 0 heterocycles. The number of nitrogens with zero attached hydrogens (tertiary/aromatic N) is 1. The van der Waals surface area contributed by atoms with E-state index in [9.17, 15) is 5.26 Å². The van der Waals surface area contributed by atoms with Gasteiger partial charge in [-0.15, -0.1) is 0 Å². The van der Waals surface area contributed by atoms with E-state index in [-0.39, 0.29) is 11.9 Å². The van der Waals surface area contributed by atoms with Crippen molar-refractivity contribution in [3.8, 4) is 6.07 Å². The van der Waals surface area contributed by atoms with Gasteiger partial charge in [-0.25, -0.2) is 0 Å². The zero-order chi connectivity index (χ0) is 14.4. The Morgan fingerprint density at radius 3 is 2.35 bits per heavy atom. The maximum atomic E-state index is 9.29. The molecule has 0 saturated carbocycles. The average molecular weight is 299 g/mol. The van der Waals surface area contributed by atoms with Crippen LogP contribution < -0.4 is 0 Å². The van der Waals surface area contributed by atoms with E-state index in [0.29, 0.717) is 4.20 Å². The van der Waals surface area contributed by atoms with Crippen LogP contribution in [0.2, 0.25) is 0 Å². The van der Waals surface area contributed by atoms with Crippen LogP contribution in [0.3, 0.4) is 0 Å². The minimum Gasteiger partial charge on any atom is -0.392 e. The second-order valence-electron chi connectivity index (χ2n) is 4.18. The minimum absolute atomic E-state index is 0.0189. The molecule has 2 rings (SSSR count). The molecule has 0 aliphatic rings. The molecular formula is C16H13NOS2. The fraction of sp³-hybridized carbons (Fsp3) is 0.125. The van der Waals surface area contributed by atoms with Gasteiger partial charge in [-0.3, -0.25) is 0 Å². The summed E-state index contributed by atoms with van der Waals surface area (Å²) in [5.74, 6) is 0. The lowest BCUT2D eigenvalue weighted by Gasteiger charge is -2.10. The number of thiocarbonyl (C=S) groups is 1. The van der Waals surface area contributed by atoms with Crippen molar-refractivity contribution in [1.82, 2.24) is 0 Å². The molecule has 0 bridgehead atoms. The van der Waals surface area contributed by atoms with E-state index in [1.165, 1.54) is 11.8 Å². The Bertz CT molecular complexity index is 617. The van der Waals surface area contributed by atoms with Crippen LogP contribution in [0.5, 0.6) is 0 Å². The molecule has 100 valence electrons. The highest BCUT2D eigenvalue weighted by molar-refractivity contribution is 8.23. The molecule has 20 heavy (non-hydrogen) atoms. The number of hydrogen-bond acceptors (Lipinski definition) is 4. The lowest BCUT2D eigenvalue weighted by atomic mass is 10.2. The number of benzene rings is 2. The predicted octanol–water partition coefficient (Wildman–Crippen LogP) is 3.85. The van der Waals surface area contributed by atoms with Crippen molar-refractivity contribution < 1.29 is 5.11 Å². The third kappa shape index (κ3) is 3.67. The van der Waals surface area contributed by atoms with Crippen molar-refractivity contribution in [2.75, 3.05) is 0 Å². The summed E-state index contributed by atoms with van der Waals surface area (Å²) >= 11 is 6.76. The zero-order valence-electron chi connectivity index (χ0n) is 10.7. The van der Waals surface area contributed by atoms with Gasteiger partial charge in [0.1, 0.15) is 5.25 Å².